The van der Waals surface area contributed by atoms with E-state index in [1.807, 2.05) is 25.3 Å². The van der Waals surface area contributed by atoms with Gasteiger partial charge in [0.1, 0.15) is 0 Å². The summed E-state index contributed by atoms with van der Waals surface area (Å²) in [5.41, 5.74) is 1.27. The molecule has 1 amide bonds. The lowest BCUT2D eigenvalue weighted by Crippen LogP contribution is -2.53. The van der Waals surface area contributed by atoms with Gasteiger partial charge in [-0.05, 0) is 43.4 Å². The number of aliphatic hydroxyl groups is 1. The fourth-order valence-corrected chi connectivity index (χ4v) is 6.72. The Bertz CT molecular complexity index is 700. The fraction of sp³-hybridized carbons (Fsp3) is 0.714. The molecule has 0 radical (unpaired) electrons. The van der Waals surface area contributed by atoms with Crippen molar-refractivity contribution in [1.82, 2.24) is 9.88 Å². The Morgan fingerprint density at radius 1 is 1.58 bits per heavy atom. The third-order valence-electron chi connectivity index (χ3n) is 6.84. The Hall–Kier alpha value is -1.20. The third-order valence-corrected chi connectivity index (χ3v) is 7.83. The number of aryl methyl sites for hydroxylation is 1. The van der Waals surface area contributed by atoms with Gasteiger partial charge in [0, 0.05) is 30.3 Å². The molecular weight excluding hydrogens is 344 g/mol. The van der Waals surface area contributed by atoms with Crippen LogP contribution in [0.5, 0.6) is 0 Å². The second-order valence-electron chi connectivity index (χ2n) is 8.68. The largest absolute Gasteiger partial charge is 0.392 e. The minimum Gasteiger partial charge on any atom is -0.392 e. The molecule has 0 unspecified atom stereocenters. The van der Waals surface area contributed by atoms with Crippen LogP contribution in [0.2, 0.25) is 0 Å². The maximum absolute atomic E-state index is 12.8. The maximum atomic E-state index is 12.8. The summed E-state index contributed by atoms with van der Waals surface area (Å²) >= 11 is 1.81. The number of aromatic nitrogens is 1. The molecule has 144 valence electrons. The monoisotopic (exact) mass is 376 g/mol. The van der Waals surface area contributed by atoms with E-state index in [2.05, 4.69) is 27.4 Å². The summed E-state index contributed by atoms with van der Waals surface area (Å²) in [5.74, 6) is 0.336. The number of hydrogen-bond acceptors (Lipinski definition) is 4. The number of aliphatic hydroxyl groups excluding tert-OH is 1. The highest BCUT2D eigenvalue weighted by molar-refractivity contribution is 7.11. The molecule has 1 heterocycles. The van der Waals surface area contributed by atoms with E-state index < -0.39 is 6.10 Å². The van der Waals surface area contributed by atoms with Crippen molar-refractivity contribution in [3.05, 3.63) is 28.2 Å². The Balaban J connectivity index is 1.86. The van der Waals surface area contributed by atoms with Gasteiger partial charge < -0.3 is 10.0 Å². The molecule has 1 aromatic rings. The number of likely N-dealkylation sites (N-methyl/N-ethyl adjacent to an activating group) is 1. The number of rotatable bonds is 4. The number of fused-ring (bicyclic) bond motifs is 2. The first-order valence-corrected chi connectivity index (χ1v) is 10.5. The van der Waals surface area contributed by atoms with Crippen molar-refractivity contribution in [2.45, 2.75) is 59.0 Å². The average Bonchev–Trinajstić information content (AvgIpc) is 2.93. The van der Waals surface area contributed by atoms with Gasteiger partial charge in [0.25, 0.3) is 0 Å². The number of carbonyl (C=O) groups is 1. The quantitative estimate of drug-likeness (QED) is 0.814. The first-order chi connectivity index (χ1) is 12.2. The zero-order valence-electron chi connectivity index (χ0n) is 16.7. The van der Waals surface area contributed by atoms with Gasteiger partial charge in [0.05, 0.1) is 16.8 Å². The van der Waals surface area contributed by atoms with Gasteiger partial charge in [-0.1, -0.05) is 26.8 Å². The minimum absolute atomic E-state index is 0.0107. The van der Waals surface area contributed by atoms with Gasteiger partial charge in [-0.3, -0.25) is 4.79 Å². The predicted molar refractivity (Wildman–Crippen MR) is 106 cm³/mol. The van der Waals surface area contributed by atoms with Crippen LogP contribution in [0.25, 0.3) is 0 Å². The van der Waals surface area contributed by atoms with Gasteiger partial charge in [-0.25, -0.2) is 4.98 Å². The van der Waals surface area contributed by atoms with Crippen molar-refractivity contribution in [2.75, 3.05) is 13.6 Å². The van der Waals surface area contributed by atoms with Gasteiger partial charge >= 0.3 is 0 Å². The van der Waals surface area contributed by atoms with E-state index in [4.69, 9.17) is 4.98 Å². The summed E-state index contributed by atoms with van der Waals surface area (Å²) in [6.07, 6.45) is 4.25. The Morgan fingerprint density at radius 3 is 2.92 bits per heavy atom. The average molecular weight is 377 g/mol. The molecule has 0 saturated heterocycles. The lowest BCUT2D eigenvalue weighted by atomic mass is 9.53. The molecule has 1 fully saturated rings. The molecule has 0 bridgehead atoms. The van der Waals surface area contributed by atoms with Crippen molar-refractivity contribution in [3.63, 3.8) is 0 Å². The molecule has 5 heteroatoms. The van der Waals surface area contributed by atoms with E-state index in [0.717, 1.165) is 24.3 Å². The van der Waals surface area contributed by atoms with Crippen molar-refractivity contribution in [1.29, 1.82) is 0 Å². The van der Waals surface area contributed by atoms with Gasteiger partial charge in [-0.2, -0.15) is 0 Å². The minimum atomic E-state index is -0.463. The molecule has 1 aromatic heterocycles. The van der Waals surface area contributed by atoms with Crippen LogP contribution in [-0.4, -0.2) is 40.6 Å². The first-order valence-electron chi connectivity index (χ1n) is 9.69. The molecule has 0 aliphatic heterocycles. The Labute approximate surface area is 161 Å². The standard InChI is InChI=1S/C21H32N2O2S/c1-7-10-23(6)20(25)12(2)15-8-9-21(5)11-16-18(22-14(4)26-16)13(3)17(21)19(15)24/h7,12-13,15,17,19,24H,1,8-11H2,2-6H3/t12-,13-,15-,17+,19-,21+/m0/s1. The molecular formula is C21H32N2O2S. The molecule has 26 heavy (non-hydrogen) atoms. The normalized spacial score (nSPS) is 34.5. The molecule has 2 aliphatic carbocycles. The second kappa shape index (κ2) is 7.08. The number of amides is 1. The fourth-order valence-electron chi connectivity index (χ4n) is 5.48. The predicted octanol–water partition coefficient (Wildman–Crippen LogP) is 3.79. The van der Waals surface area contributed by atoms with Crippen LogP contribution < -0.4 is 0 Å². The summed E-state index contributed by atoms with van der Waals surface area (Å²) < 4.78 is 0. The number of thiazole rings is 1. The van der Waals surface area contributed by atoms with E-state index >= 15 is 0 Å². The Kier molecular flexibility index (Phi) is 5.33. The van der Waals surface area contributed by atoms with Crippen LogP contribution in [-0.2, 0) is 11.2 Å². The summed E-state index contributed by atoms with van der Waals surface area (Å²) in [5, 5.41) is 12.5. The first kappa shape index (κ1) is 19.6. The lowest BCUT2D eigenvalue weighted by Gasteiger charge is -2.53. The zero-order chi connectivity index (χ0) is 19.2. The zero-order valence-corrected chi connectivity index (χ0v) is 17.5. The van der Waals surface area contributed by atoms with Crippen LogP contribution in [0.4, 0.5) is 0 Å². The summed E-state index contributed by atoms with van der Waals surface area (Å²) in [6, 6.07) is 0. The van der Waals surface area contributed by atoms with Crippen LogP contribution in [0.15, 0.2) is 12.7 Å². The van der Waals surface area contributed by atoms with Crippen molar-refractivity contribution in [2.24, 2.45) is 23.2 Å². The van der Waals surface area contributed by atoms with Crippen LogP contribution in [0.3, 0.4) is 0 Å². The van der Waals surface area contributed by atoms with Crippen LogP contribution in [0.1, 0.15) is 55.1 Å². The van der Waals surface area contributed by atoms with E-state index in [9.17, 15) is 9.90 Å². The van der Waals surface area contributed by atoms with Gasteiger partial charge in [0.2, 0.25) is 5.91 Å². The van der Waals surface area contributed by atoms with E-state index in [1.54, 1.807) is 11.0 Å². The molecule has 4 nitrogen and oxygen atoms in total. The smallest absolute Gasteiger partial charge is 0.225 e. The molecule has 3 rings (SSSR count). The van der Waals surface area contributed by atoms with E-state index in [-0.39, 0.29) is 35.0 Å². The highest BCUT2D eigenvalue weighted by atomic mass is 32.1. The number of hydrogen-bond donors (Lipinski definition) is 1. The lowest BCUT2D eigenvalue weighted by molar-refractivity contribution is -0.143. The summed E-state index contributed by atoms with van der Waals surface area (Å²) in [7, 11) is 1.81. The highest BCUT2D eigenvalue weighted by Crippen LogP contribution is 2.57. The molecule has 0 spiro atoms. The molecule has 0 aromatic carbocycles. The van der Waals surface area contributed by atoms with Crippen molar-refractivity contribution in [3.8, 4) is 0 Å². The molecule has 1 saturated carbocycles. The second-order valence-corrected chi connectivity index (χ2v) is 9.96. The number of carbonyl (C=O) groups excluding carboxylic acids is 1. The third kappa shape index (κ3) is 3.13. The number of nitrogens with zero attached hydrogens (tertiary/aromatic N) is 2. The molecule has 2 aliphatic rings. The van der Waals surface area contributed by atoms with E-state index in [0.29, 0.717) is 6.54 Å². The molecule has 6 atom stereocenters. The van der Waals surface area contributed by atoms with Gasteiger partial charge in [0.15, 0.2) is 0 Å². The molecule has 1 N–H and O–H groups in total. The summed E-state index contributed by atoms with van der Waals surface area (Å²) in [6.45, 7) is 12.8. The Morgan fingerprint density at radius 2 is 2.27 bits per heavy atom. The SMILES string of the molecule is C=CCN(C)C(=O)[C@@H](C)[C@@H]1CC[C@]2(C)Cc3sc(C)nc3[C@@H](C)[C@@H]2[C@H]1O. The van der Waals surface area contributed by atoms with Crippen LogP contribution >= 0.6 is 11.3 Å². The van der Waals surface area contributed by atoms with Gasteiger partial charge in [-0.15, -0.1) is 17.9 Å². The van der Waals surface area contributed by atoms with E-state index in [1.165, 1.54) is 10.6 Å². The highest BCUT2D eigenvalue weighted by Gasteiger charge is 2.53. The van der Waals surface area contributed by atoms with Crippen molar-refractivity contribution >= 4 is 17.2 Å². The van der Waals surface area contributed by atoms with Crippen molar-refractivity contribution < 1.29 is 9.90 Å². The summed E-state index contributed by atoms with van der Waals surface area (Å²) in [4.78, 5) is 20.6. The topological polar surface area (TPSA) is 53.4 Å². The maximum Gasteiger partial charge on any atom is 0.225 e. The van der Waals surface area contributed by atoms with Crippen LogP contribution in [0, 0.1) is 30.1 Å².